The van der Waals surface area contributed by atoms with Crippen LogP contribution in [0.4, 0.5) is 4.79 Å². The highest BCUT2D eigenvalue weighted by molar-refractivity contribution is 6.47. The Bertz CT molecular complexity index is 1240. The van der Waals surface area contributed by atoms with Gasteiger partial charge in [0.15, 0.2) is 0 Å². The first-order valence-corrected chi connectivity index (χ1v) is 12.7. The molecule has 1 amide bonds. The second kappa shape index (κ2) is 9.56. The molecule has 1 aliphatic rings. The molecule has 2 heterocycles. The van der Waals surface area contributed by atoms with E-state index in [4.69, 9.17) is 9.39 Å². The number of nitrogens with zero attached hydrogens (tertiary/aromatic N) is 2. The van der Waals surface area contributed by atoms with Crippen LogP contribution in [0.5, 0.6) is 0 Å². The Morgan fingerprint density at radius 1 is 1.08 bits per heavy atom. The molecule has 0 radical (unpaired) electrons. The number of hydrogen-bond acceptors (Lipinski definition) is 5. The van der Waals surface area contributed by atoms with Gasteiger partial charge in [0, 0.05) is 12.1 Å². The van der Waals surface area contributed by atoms with Crippen LogP contribution in [0, 0.1) is 0 Å². The molecule has 1 saturated heterocycles. The van der Waals surface area contributed by atoms with E-state index in [1.807, 2.05) is 40.8 Å². The second-order valence-corrected chi connectivity index (χ2v) is 11.8. The van der Waals surface area contributed by atoms with Crippen molar-refractivity contribution in [3.63, 3.8) is 0 Å². The molecule has 0 unspecified atom stereocenters. The number of aromatic nitrogens is 2. The molecule has 0 spiro atoms. The Morgan fingerprint density at radius 3 is 2.47 bits per heavy atom. The van der Waals surface area contributed by atoms with Crippen molar-refractivity contribution in [2.75, 3.05) is 6.54 Å². The minimum absolute atomic E-state index is 0.107. The van der Waals surface area contributed by atoms with Gasteiger partial charge >= 0.3 is 13.6 Å². The predicted molar refractivity (Wildman–Crippen MR) is 145 cm³/mol. The molecular formula is C28H38BN3O4. The summed E-state index contributed by atoms with van der Waals surface area (Å²) in [6, 6.07) is 12.5. The van der Waals surface area contributed by atoms with Gasteiger partial charge in [-0.3, -0.25) is 4.90 Å². The third kappa shape index (κ3) is 5.76. The molecule has 1 aliphatic heterocycles. The quantitative estimate of drug-likeness (QED) is 0.482. The number of carbonyl (C=O) groups is 1. The topological polar surface area (TPSA) is 87.7 Å². The summed E-state index contributed by atoms with van der Waals surface area (Å²) in [6.45, 7) is 13.6. The first-order valence-electron chi connectivity index (χ1n) is 12.7. The van der Waals surface area contributed by atoms with Crippen LogP contribution >= 0.6 is 0 Å². The minimum atomic E-state index is -0.940. The van der Waals surface area contributed by atoms with Gasteiger partial charge in [0.25, 0.3) is 0 Å². The van der Waals surface area contributed by atoms with E-state index in [0.717, 1.165) is 46.2 Å². The lowest BCUT2D eigenvalue weighted by Gasteiger charge is -2.37. The number of fused-ring (bicyclic) bond motifs is 1. The fourth-order valence-electron chi connectivity index (χ4n) is 4.24. The molecule has 1 fully saturated rings. The van der Waals surface area contributed by atoms with E-state index >= 15 is 0 Å². The number of H-pyrrole nitrogens is 1. The van der Waals surface area contributed by atoms with Crippen LogP contribution in [-0.4, -0.2) is 56.9 Å². The van der Waals surface area contributed by atoms with E-state index in [-0.39, 0.29) is 12.1 Å². The Kier molecular flexibility index (Phi) is 6.97. The Morgan fingerprint density at radius 2 is 1.78 bits per heavy atom. The van der Waals surface area contributed by atoms with Crippen LogP contribution in [0.2, 0.25) is 0 Å². The second-order valence-electron chi connectivity index (χ2n) is 11.8. The molecule has 0 aliphatic carbocycles. The van der Waals surface area contributed by atoms with Crippen LogP contribution in [0.1, 0.15) is 73.2 Å². The summed E-state index contributed by atoms with van der Waals surface area (Å²) in [5.74, 6) is 0.787. The van der Waals surface area contributed by atoms with E-state index in [0.29, 0.717) is 14.0 Å². The number of rotatable bonds is 6. The van der Waals surface area contributed by atoms with Crippen LogP contribution in [0.3, 0.4) is 0 Å². The summed E-state index contributed by atoms with van der Waals surface area (Å²) in [4.78, 5) is 22.5. The standard InChI is InChI=1S/C28H38BN3O4/c1-26(2,3)35-25(33)32-14-8-9-23(32)24-30-17-22(31-24)20-11-10-19-16-21(13-12-18(19)15-20)29-36-28(6,7)27(4,5)34/h10-13,15-17,23,29,34H,8-9,14H2,1-7H3,(H,30,31)/t23-/m0/s1. The van der Waals surface area contributed by atoms with Gasteiger partial charge in [-0.05, 0) is 78.1 Å². The number of carbonyl (C=O) groups excluding carboxylic acids is 1. The highest BCUT2D eigenvalue weighted by atomic mass is 16.6. The van der Waals surface area contributed by atoms with Crippen molar-refractivity contribution in [2.45, 2.75) is 84.2 Å². The molecular weight excluding hydrogens is 453 g/mol. The summed E-state index contributed by atoms with van der Waals surface area (Å²) in [5, 5.41) is 12.6. The Balaban J connectivity index is 1.49. The van der Waals surface area contributed by atoms with Crippen LogP contribution < -0.4 is 5.46 Å². The van der Waals surface area contributed by atoms with Gasteiger partial charge in [-0.1, -0.05) is 35.8 Å². The van der Waals surface area contributed by atoms with Crippen molar-refractivity contribution in [1.29, 1.82) is 0 Å². The molecule has 8 heteroatoms. The molecule has 0 bridgehead atoms. The third-order valence-corrected chi connectivity index (χ3v) is 7.08. The summed E-state index contributed by atoms with van der Waals surface area (Å²) in [6.07, 6.45) is 3.33. The lowest BCUT2D eigenvalue weighted by Crippen LogP contribution is -2.49. The zero-order chi connectivity index (χ0) is 26.3. The van der Waals surface area contributed by atoms with Gasteiger partial charge in [-0.15, -0.1) is 0 Å². The van der Waals surface area contributed by atoms with Gasteiger partial charge in [0.2, 0.25) is 0 Å². The molecule has 4 rings (SSSR count). The van der Waals surface area contributed by atoms with E-state index in [2.05, 4.69) is 46.4 Å². The first-order chi connectivity index (χ1) is 16.7. The molecule has 1 aromatic heterocycles. The smallest absolute Gasteiger partial charge is 0.410 e. The number of ether oxygens (including phenoxy) is 1. The van der Waals surface area contributed by atoms with Crippen LogP contribution in [-0.2, 0) is 9.39 Å². The van der Waals surface area contributed by atoms with Crippen LogP contribution in [0.15, 0.2) is 42.6 Å². The Labute approximate surface area is 214 Å². The first kappa shape index (κ1) is 26.2. The van der Waals surface area contributed by atoms with Crippen molar-refractivity contribution in [1.82, 2.24) is 14.9 Å². The van der Waals surface area contributed by atoms with Crippen molar-refractivity contribution in [2.24, 2.45) is 0 Å². The van der Waals surface area contributed by atoms with Crippen LogP contribution in [0.25, 0.3) is 22.0 Å². The van der Waals surface area contributed by atoms with Gasteiger partial charge < -0.3 is 19.5 Å². The fourth-order valence-corrected chi connectivity index (χ4v) is 4.24. The number of aromatic amines is 1. The monoisotopic (exact) mass is 491 g/mol. The lowest BCUT2D eigenvalue weighted by molar-refractivity contribution is -0.0893. The number of benzene rings is 2. The van der Waals surface area contributed by atoms with Crippen molar-refractivity contribution in [3.8, 4) is 11.3 Å². The van der Waals surface area contributed by atoms with Crippen molar-refractivity contribution in [3.05, 3.63) is 48.4 Å². The minimum Gasteiger partial charge on any atom is -0.444 e. The average molecular weight is 491 g/mol. The maximum absolute atomic E-state index is 12.7. The molecule has 2 aromatic carbocycles. The maximum Gasteiger partial charge on any atom is 0.410 e. The number of imidazole rings is 1. The number of nitrogens with one attached hydrogen (secondary N) is 1. The predicted octanol–water partition coefficient (Wildman–Crippen LogP) is 4.84. The van der Waals surface area contributed by atoms with Crippen molar-refractivity contribution >= 4 is 29.8 Å². The summed E-state index contributed by atoms with van der Waals surface area (Å²) >= 11 is 0. The lowest BCUT2D eigenvalue weighted by atomic mass is 9.82. The zero-order valence-electron chi connectivity index (χ0n) is 22.5. The molecule has 0 saturated carbocycles. The summed E-state index contributed by atoms with van der Waals surface area (Å²) in [7, 11) is 0.425. The third-order valence-electron chi connectivity index (χ3n) is 7.08. The van der Waals surface area contributed by atoms with Gasteiger partial charge in [-0.2, -0.15) is 0 Å². The largest absolute Gasteiger partial charge is 0.444 e. The number of likely N-dealkylation sites (tertiary alicyclic amines) is 1. The van der Waals surface area contributed by atoms with Gasteiger partial charge in [0.1, 0.15) is 11.4 Å². The maximum atomic E-state index is 12.7. The van der Waals surface area contributed by atoms with E-state index in [1.54, 1.807) is 18.7 Å². The van der Waals surface area contributed by atoms with Gasteiger partial charge in [-0.25, -0.2) is 9.78 Å². The number of aliphatic hydroxyl groups is 1. The highest BCUT2D eigenvalue weighted by Crippen LogP contribution is 2.33. The molecule has 192 valence electrons. The summed E-state index contributed by atoms with van der Waals surface area (Å²) in [5.41, 5.74) is 0.880. The average Bonchev–Trinajstić information content (AvgIpc) is 3.45. The van der Waals surface area contributed by atoms with Gasteiger partial charge in [0.05, 0.1) is 29.1 Å². The fraction of sp³-hybridized carbons (Fsp3) is 0.500. The SMILES string of the molecule is CC(C)(C)OC(=O)N1CCC[C@H]1c1ncc(-c2ccc3cc(BOC(C)(C)C(C)(C)O)ccc3c2)[nH]1. The Hall–Kier alpha value is -2.84. The molecule has 1 atom stereocenters. The number of hydrogen-bond donors (Lipinski definition) is 2. The molecule has 36 heavy (non-hydrogen) atoms. The van der Waals surface area contributed by atoms with E-state index in [1.165, 1.54) is 0 Å². The normalized spacial score (nSPS) is 17.0. The molecule has 2 N–H and O–H groups in total. The van der Waals surface area contributed by atoms with Crippen molar-refractivity contribution < 1.29 is 19.3 Å². The number of amides is 1. The van der Waals surface area contributed by atoms with E-state index in [9.17, 15) is 9.90 Å². The molecule has 7 nitrogen and oxygen atoms in total. The molecule has 3 aromatic rings. The zero-order valence-corrected chi connectivity index (χ0v) is 22.5. The van der Waals surface area contributed by atoms with E-state index < -0.39 is 16.8 Å². The summed E-state index contributed by atoms with van der Waals surface area (Å²) < 4.78 is 11.6. The highest BCUT2D eigenvalue weighted by Gasteiger charge is 2.36.